The van der Waals surface area contributed by atoms with E-state index < -0.39 is 10.0 Å². The highest BCUT2D eigenvalue weighted by molar-refractivity contribution is 7.89. The van der Waals surface area contributed by atoms with Crippen molar-refractivity contribution in [1.82, 2.24) is 4.31 Å². The van der Waals surface area contributed by atoms with Crippen LogP contribution in [-0.2, 0) is 10.0 Å². The number of rotatable bonds is 5. The Morgan fingerprint density at radius 1 is 1.33 bits per heavy atom. The SMILES string of the molecule is CC(C)CS(=O)(=O)N(C)C1(CN)CCC(C)CC1. The van der Waals surface area contributed by atoms with Crippen molar-refractivity contribution in [2.24, 2.45) is 17.6 Å². The molecule has 0 aromatic rings. The van der Waals surface area contributed by atoms with Gasteiger partial charge in [0.15, 0.2) is 0 Å². The maximum absolute atomic E-state index is 12.4. The minimum atomic E-state index is -3.19. The lowest BCUT2D eigenvalue weighted by Crippen LogP contribution is -2.56. The Balaban J connectivity index is 2.88. The summed E-state index contributed by atoms with van der Waals surface area (Å²) < 4.78 is 26.3. The first-order chi connectivity index (χ1) is 8.23. The molecule has 0 unspecified atom stereocenters. The molecule has 0 bridgehead atoms. The standard InChI is InChI=1S/C13H28N2O2S/c1-11(2)9-18(16,17)15(4)13(10-14)7-5-12(3)6-8-13/h11-12H,5-10,14H2,1-4H3. The van der Waals surface area contributed by atoms with Crippen molar-refractivity contribution in [2.75, 3.05) is 19.3 Å². The Hall–Kier alpha value is -0.130. The molecular formula is C13H28N2O2S. The van der Waals surface area contributed by atoms with Crippen LogP contribution in [0.1, 0.15) is 46.5 Å². The van der Waals surface area contributed by atoms with E-state index in [2.05, 4.69) is 6.92 Å². The third kappa shape index (κ3) is 3.45. The molecule has 5 heteroatoms. The predicted octanol–water partition coefficient (Wildman–Crippen LogP) is 1.81. The maximum Gasteiger partial charge on any atom is 0.214 e. The molecule has 1 saturated carbocycles. The van der Waals surface area contributed by atoms with Crippen LogP contribution in [0.4, 0.5) is 0 Å². The van der Waals surface area contributed by atoms with E-state index in [-0.39, 0.29) is 17.2 Å². The molecule has 4 nitrogen and oxygen atoms in total. The van der Waals surface area contributed by atoms with E-state index in [0.29, 0.717) is 12.5 Å². The molecule has 0 amide bonds. The highest BCUT2D eigenvalue weighted by atomic mass is 32.2. The second kappa shape index (κ2) is 5.88. The van der Waals surface area contributed by atoms with Gasteiger partial charge in [-0.15, -0.1) is 0 Å². The lowest BCUT2D eigenvalue weighted by molar-refractivity contribution is 0.135. The van der Waals surface area contributed by atoms with Crippen LogP contribution in [0.15, 0.2) is 0 Å². The topological polar surface area (TPSA) is 63.4 Å². The summed E-state index contributed by atoms with van der Waals surface area (Å²) in [5.41, 5.74) is 5.56. The van der Waals surface area contributed by atoms with E-state index in [1.807, 2.05) is 13.8 Å². The average Bonchev–Trinajstić information content (AvgIpc) is 2.28. The molecule has 108 valence electrons. The predicted molar refractivity (Wildman–Crippen MR) is 75.8 cm³/mol. The zero-order valence-corrected chi connectivity index (χ0v) is 13.0. The lowest BCUT2D eigenvalue weighted by Gasteiger charge is -2.44. The van der Waals surface area contributed by atoms with Crippen molar-refractivity contribution in [1.29, 1.82) is 0 Å². The first-order valence-corrected chi connectivity index (χ1v) is 8.51. The van der Waals surface area contributed by atoms with Crippen molar-refractivity contribution in [3.8, 4) is 0 Å². The van der Waals surface area contributed by atoms with Gasteiger partial charge in [0.1, 0.15) is 0 Å². The Labute approximate surface area is 112 Å². The fourth-order valence-corrected chi connectivity index (χ4v) is 4.69. The number of hydrogen-bond donors (Lipinski definition) is 1. The molecule has 1 aliphatic rings. The van der Waals surface area contributed by atoms with E-state index >= 15 is 0 Å². The van der Waals surface area contributed by atoms with Crippen LogP contribution in [0.3, 0.4) is 0 Å². The van der Waals surface area contributed by atoms with Gasteiger partial charge < -0.3 is 5.73 Å². The van der Waals surface area contributed by atoms with Gasteiger partial charge in [0, 0.05) is 19.1 Å². The summed E-state index contributed by atoms with van der Waals surface area (Å²) in [5.74, 6) is 1.04. The van der Waals surface area contributed by atoms with Gasteiger partial charge in [0.05, 0.1) is 5.75 Å². The van der Waals surface area contributed by atoms with Gasteiger partial charge >= 0.3 is 0 Å². The largest absolute Gasteiger partial charge is 0.329 e. The second-order valence-corrected chi connectivity index (χ2v) is 8.30. The summed E-state index contributed by atoms with van der Waals surface area (Å²) in [5, 5.41) is 0. The summed E-state index contributed by atoms with van der Waals surface area (Å²) in [7, 11) is -1.48. The van der Waals surface area contributed by atoms with Crippen LogP contribution < -0.4 is 5.73 Å². The van der Waals surface area contributed by atoms with Gasteiger partial charge in [0.2, 0.25) is 10.0 Å². The van der Waals surface area contributed by atoms with Crippen LogP contribution in [0.5, 0.6) is 0 Å². The first kappa shape index (κ1) is 15.9. The van der Waals surface area contributed by atoms with Gasteiger partial charge in [-0.05, 0) is 37.5 Å². The minimum absolute atomic E-state index is 0.148. The monoisotopic (exact) mass is 276 g/mol. The minimum Gasteiger partial charge on any atom is -0.329 e. The van der Waals surface area contributed by atoms with Crippen LogP contribution in [0.25, 0.3) is 0 Å². The normalized spacial score (nSPS) is 30.1. The summed E-state index contributed by atoms with van der Waals surface area (Å²) in [6.45, 7) is 6.52. The van der Waals surface area contributed by atoms with Crippen molar-refractivity contribution in [3.63, 3.8) is 0 Å². The van der Waals surface area contributed by atoms with E-state index in [1.54, 1.807) is 11.4 Å². The summed E-state index contributed by atoms with van der Waals surface area (Å²) in [6.07, 6.45) is 3.91. The van der Waals surface area contributed by atoms with Crippen molar-refractivity contribution >= 4 is 10.0 Å². The Bertz CT molecular complexity index is 357. The fourth-order valence-electron chi connectivity index (χ4n) is 2.78. The first-order valence-electron chi connectivity index (χ1n) is 6.90. The smallest absolute Gasteiger partial charge is 0.214 e. The highest BCUT2D eigenvalue weighted by Crippen LogP contribution is 2.36. The number of sulfonamides is 1. The van der Waals surface area contributed by atoms with Gasteiger partial charge in [-0.2, -0.15) is 4.31 Å². The molecule has 18 heavy (non-hydrogen) atoms. The number of nitrogens with zero attached hydrogens (tertiary/aromatic N) is 1. The maximum atomic E-state index is 12.4. The molecule has 1 rings (SSSR count). The number of hydrogen-bond acceptors (Lipinski definition) is 3. The molecule has 0 aromatic carbocycles. The molecule has 0 saturated heterocycles. The van der Waals surface area contributed by atoms with Crippen LogP contribution in [0.2, 0.25) is 0 Å². The van der Waals surface area contributed by atoms with Crippen molar-refractivity contribution < 1.29 is 8.42 Å². The Morgan fingerprint density at radius 2 is 1.83 bits per heavy atom. The van der Waals surface area contributed by atoms with E-state index in [9.17, 15) is 8.42 Å². The molecule has 0 atom stereocenters. The van der Waals surface area contributed by atoms with E-state index in [1.165, 1.54) is 0 Å². The zero-order valence-electron chi connectivity index (χ0n) is 12.1. The van der Waals surface area contributed by atoms with Crippen molar-refractivity contribution in [2.45, 2.75) is 52.0 Å². The number of nitrogens with two attached hydrogens (primary N) is 1. The molecule has 0 aromatic heterocycles. The Kier molecular flexibility index (Phi) is 5.21. The zero-order chi connectivity index (χ0) is 14.0. The summed E-state index contributed by atoms with van der Waals surface area (Å²) in [6, 6.07) is 0. The Morgan fingerprint density at radius 3 is 2.22 bits per heavy atom. The third-order valence-corrected chi connectivity index (χ3v) is 6.52. The van der Waals surface area contributed by atoms with E-state index in [4.69, 9.17) is 5.73 Å². The summed E-state index contributed by atoms with van der Waals surface area (Å²) in [4.78, 5) is 0. The lowest BCUT2D eigenvalue weighted by atomic mass is 9.77. The van der Waals surface area contributed by atoms with E-state index in [0.717, 1.165) is 25.7 Å². The van der Waals surface area contributed by atoms with Crippen LogP contribution in [-0.4, -0.2) is 37.6 Å². The molecule has 0 radical (unpaired) electrons. The van der Waals surface area contributed by atoms with Crippen LogP contribution >= 0.6 is 0 Å². The quantitative estimate of drug-likeness (QED) is 0.833. The van der Waals surface area contributed by atoms with Crippen LogP contribution in [0, 0.1) is 11.8 Å². The van der Waals surface area contributed by atoms with Gasteiger partial charge in [-0.1, -0.05) is 20.8 Å². The molecule has 0 spiro atoms. The molecule has 2 N–H and O–H groups in total. The number of likely N-dealkylation sites (N-methyl/N-ethyl adjacent to an activating group) is 1. The molecule has 0 aliphatic heterocycles. The molecule has 1 aliphatic carbocycles. The van der Waals surface area contributed by atoms with Gasteiger partial charge in [0.25, 0.3) is 0 Å². The molecule has 1 fully saturated rings. The summed E-state index contributed by atoms with van der Waals surface area (Å²) >= 11 is 0. The fraction of sp³-hybridized carbons (Fsp3) is 1.00. The second-order valence-electron chi connectivity index (χ2n) is 6.25. The van der Waals surface area contributed by atoms with Gasteiger partial charge in [-0.25, -0.2) is 8.42 Å². The third-order valence-electron chi connectivity index (χ3n) is 4.21. The van der Waals surface area contributed by atoms with Crippen molar-refractivity contribution in [3.05, 3.63) is 0 Å². The molecule has 0 heterocycles. The average molecular weight is 276 g/mol. The van der Waals surface area contributed by atoms with Gasteiger partial charge in [-0.3, -0.25) is 0 Å². The highest BCUT2D eigenvalue weighted by Gasteiger charge is 2.41. The molecular weight excluding hydrogens is 248 g/mol.